The summed E-state index contributed by atoms with van der Waals surface area (Å²) < 4.78 is 41.1. The van der Waals surface area contributed by atoms with Crippen LogP contribution in [0.3, 0.4) is 0 Å². The lowest BCUT2D eigenvalue weighted by Gasteiger charge is -2.10. The number of halogens is 2. The van der Waals surface area contributed by atoms with Crippen LogP contribution in [0.25, 0.3) is 0 Å². The Hall–Kier alpha value is -3.16. The first-order valence-corrected chi connectivity index (χ1v) is 8.04. The SMILES string of the molecule is COc1ccc(CCC(=O)OCC(=O)Nc2ccc(F)c(F)c2)cc1OC. The third-order valence-corrected chi connectivity index (χ3v) is 3.63. The van der Waals surface area contributed by atoms with Gasteiger partial charge in [-0.15, -0.1) is 0 Å². The number of esters is 1. The van der Waals surface area contributed by atoms with Gasteiger partial charge in [-0.2, -0.15) is 0 Å². The highest BCUT2D eigenvalue weighted by molar-refractivity contribution is 5.92. The quantitative estimate of drug-likeness (QED) is 0.714. The zero-order valence-corrected chi connectivity index (χ0v) is 14.9. The van der Waals surface area contributed by atoms with Gasteiger partial charge in [-0.1, -0.05) is 6.07 Å². The number of anilines is 1. The first kappa shape index (κ1) is 20.2. The summed E-state index contributed by atoms with van der Waals surface area (Å²) in [5.41, 5.74) is 0.913. The molecule has 2 aromatic rings. The minimum Gasteiger partial charge on any atom is -0.493 e. The molecule has 144 valence electrons. The van der Waals surface area contributed by atoms with Crippen LogP contribution in [-0.2, 0) is 20.7 Å². The number of hydrogen-bond acceptors (Lipinski definition) is 5. The van der Waals surface area contributed by atoms with E-state index in [2.05, 4.69) is 5.32 Å². The number of aryl methyl sites for hydroxylation is 1. The number of carbonyl (C=O) groups is 2. The fourth-order valence-corrected chi connectivity index (χ4v) is 2.27. The number of ether oxygens (including phenoxy) is 3. The Morgan fingerprint density at radius 2 is 1.70 bits per heavy atom. The van der Waals surface area contributed by atoms with Gasteiger partial charge in [-0.3, -0.25) is 9.59 Å². The van der Waals surface area contributed by atoms with Crippen molar-refractivity contribution in [3.63, 3.8) is 0 Å². The van der Waals surface area contributed by atoms with Crippen LogP contribution >= 0.6 is 0 Å². The number of amides is 1. The molecule has 0 aliphatic carbocycles. The standard InChI is InChI=1S/C19H19F2NO5/c1-25-16-7-3-12(9-17(16)26-2)4-8-19(24)27-11-18(23)22-13-5-6-14(20)15(21)10-13/h3,5-7,9-10H,4,8,11H2,1-2H3,(H,22,23). The lowest BCUT2D eigenvalue weighted by molar-refractivity contribution is -0.147. The Balaban J connectivity index is 1.78. The Kier molecular flexibility index (Phi) is 7.10. The highest BCUT2D eigenvalue weighted by atomic mass is 19.2. The summed E-state index contributed by atoms with van der Waals surface area (Å²) >= 11 is 0. The Morgan fingerprint density at radius 3 is 2.37 bits per heavy atom. The second-order valence-corrected chi connectivity index (χ2v) is 5.53. The van der Waals surface area contributed by atoms with Gasteiger partial charge in [0.05, 0.1) is 14.2 Å². The van der Waals surface area contributed by atoms with E-state index in [1.165, 1.54) is 20.3 Å². The smallest absolute Gasteiger partial charge is 0.306 e. The van der Waals surface area contributed by atoms with Crippen molar-refractivity contribution in [2.24, 2.45) is 0 Å². The van der Waals surface area contributed by atoms with Crippen LogP contribution in [-0.4, -0.2) is 32.7 Å². The van der Waals surface area contributed by atoms with Crippen LogP contribution in [0.5, 0.6) is 11.5 Å². The number of nitrogens with one attached hydrogen (secondary N) is 1. The predicted molar refractivity (Wildman–Crippen MR) is 93.8 cm³/mol. The van der Waals surface area contributed by atoms with Gasteiger partial charge in [0.1, 0.15) is 0 Å². The third kappa shape index (κ3) is 5.95. The molecule has 0 spiro atoms. The molecule has 0 radical (unpaired) electrons. The molecule has 8 heteroatoms. The normalized spacial score (nSPS) is 10.2. The molecule has 0 bridgehead atoms. The van der Waals surface area contributed by atoms with E-state index in [1.807, 2.05) is 0 Å². The number of methoxy groups -OCH3 is 2. The Bertz CT molecular complexity index is 826. The fourth-order valence-electron chi connectivity index (χ4n) is 2.27. The van der Waals surface area contributed by atoms with Crippen LogP contribution < -0.4 is 14.8 Å². The number of hydrogen-bond donors (Lipinski definition) is 1. The van der Waals surface area contributed by atoms with Gasteiger partial charge in [0, 0.05) is 18.2 Å². The molecule has 0 unspecified atom stereocenters. The molecule has 0 aromatic heterocycles. The Labute approximate surface area is 155 Å². The van der Waals surface area contributed by atoms with Gasteiger partial charge in [0.15, 0.2) is 29.7 Å². The zero-order chi connectivity index (χ0) is 19.8. The van der Waals surface area contributed by atoms with Crippen LogP contribution in [0.4, 0.5) is 14.5 Å². The van der Waals surface area contributed by atoms with Crippen molar-refractivity contribution in [2.75, 3.05) is 26.1 Å². The second-order valence-electron chi connectivity index (χ2n) is 5.53. The molecule has 0 fully saturated rings. The van der Waals surface area contributed by atoms with Crippen molar-refractivity contribution in [3.8, 4) is 11.5 Å². The molecule has 0 aliphatic heterocycles. The maximum absolute atomic E-state index is 13.1. The van der Waals surface area contributed by atoms with E-state index in [0.717, 1.165) is 17.7 Å². The first-order chi connectivity index (χ1) is 12.9. The zero-order valence-electron chi connectivity index (χ0n) is 14.9. The van der Waals surface area contributed by atoms with Gasteiger partial charge in [-0.05, 0) is 36.2 Å². The Morgan fingerprint density at radius 1 is 0.963 bits per heavy atom. The van der Waals surface area contributed by atoms with Crippen molar-refractivity contribution < 1.29 is 32.6 Å². The summed E-state index contributed by atoms with van der Waals surface area (Å²) in [6.45, 7) is -0.524. The third-order valence-electron chi connectivity index (χ3n) is 3.63. The van der Waals surface area contributed by atoms with Crippen molar-refractivity contribution in [2.45, 2.75) is 12.8 Å². The molecular formula is C19H19F2NO5. The molecular weight excluding hydrogens is 360 g/mol. The molecule has 2 aromatic carbocycles. The lowest BCUT2D eigenvalue weighted by Crippen LogP contribution is -2.21. The summed E-state index contributed by atoms with van der Waals surface area (Å²) in [5.74, 6) is -2.19. The van der Waals surface area contributed by atoms with Crippen molar-refractivity contribution in [1.82, 2.24) is 0 Å². The molecule has 1 N–H and O–H groups in total. The predicted octanol–water partition coefficient (Wildman–Crippen LogP) is 3.10. The molecule has 1 amide bonds. The molecule has 27 heavy (non-hydrogen) atoms. The van der Waals surface area contributed by atoms with Gasteiger partial charge in [0.2, 0.25) is 0 Å². The highest BCUT2D eigenvalue weighted by Crippen LogP contribution is 2.28. The number of rotatable bonds is 8. The monoisotopic (exact) mass is 379 g/mol. The molecule has 0 atom stereocenters. The largest absolute Gasteiger partial charge is 0.493 e. The summed E-state index contributed by atoms with van der Waals surface area (Å²) in [7, 11) is 3.04. The average molecular weight is 379 g/mol. The number of carbonyl (C=O) groups excluding carboxylic acids is 2. The van der Waals surface area contributed by atoms with Crippen LogP contribution in [0.2, 0.25) is 0 Å². The van der Waals surface area contributed by atoms with Gasteiger partial charge in [0.25, 0.3) is 5.91 Å². The maximum atomic E-state index is 13.1. The molecule has 0 heterocycles. The number of benzene rings is 2. The highest BCUT2D eigenvalue weighted by Gasteiger charge is 2.11. The minimum atomic E-state index is -1.08. The topological polar surface area (TPSA) is 73.9 Å². The van der Waals surface area contributed by atoms with Gasteiger partial charge >= 0.3 is 5.97 Å². The second kappa shape index (κ2) is 9.51. The van der Waals surface area contributed by atoms with E-state index in [9.17, 15) is 18.4 Å². The molecule has 2 rings (SSSR count). The summed E-state index contributed by atoms with van der Waals surface area (Å²) in [4.78, 5) is 23.5. The maximum Gasteiger partial charge on any atom is 0.306 e. The minimum absolute atomic E-state index is 0.0634. The molecule has 0 saturated carbocycles. The average Bonchev–Trinajstić information content (AvgIpc) is 2.67. The van der Waals surface area contributed by atoms with E-state index in [-0.39, 0.29) is 12.1 Å². The van der Waals surface area contributed by atoms with Gasteiger partial charge in [-0.25, -0.2) is 8.78 Å². The summed E-state index contributed by atoms with van der Waals surface area (Å²) in [6.07, 6.45) is 0.456. The first-order valence-electron chi connectivity index (χ1n) is 8.04. The van der Waals surface area contributed by atoms with Crippen molar-refractivity contribution >= 4 is 17.6 Å². The van der Waals surface area contributed by atoms with E-state index in [0.29, 0.717) is 17.9 Å². The van der Waals surface area contributed by atoms with E-state index < -0.39 is 30.1 Å². The van der Waals surface area contributed by atoms with Gasteiger partial charge < -0.3 is 19.5 Å². The van der Waals surface area contributed by atoms with Crippen LogP contribution in [0.1, 0.15) is 12.0 Å². The van der Waals surface area contributed by atoms with Crippen molar-refractivity contribution in [3.05, 3.63) is 53.6 Å². The van der Waals surface area contributed by atoms with Crippen molar-refractivity contribution in [1.29, 1.82) is 0 Å². The lowest BCUT2D eigenvalue weighted by atomic mass is 10.1. The van der Waals surface area contributed by atoms with Crippen LogP contribution in [0, 0.1) is 11.6 Å². The molecule has 0 saturated heterocycles. The summed E-state index contributed by atoms with van der Waals surface area (Å²) in [5, 5.41) is 2.31. The van der Waals surface area contributed by atoms with E-state index in [1.54, 1.807) is 18.2 Å². The van der Waals surface area contributed by atoms with Crippen LogP contribution in [0.15, 0.2) is 36.4 Å². The van der Waals surface area contributed by atoms with E-state index in [4.69, 9.17) is 14.2 Å². The molecule has 0 aliphatic rings. The molecule has 6 nitrogen and oxygen atoms in total. The summed E-state index contributed by atoms with van der Waals surface area (Å²) in [6, 6.07) is 8.21. The van der Waals surface area contributed by atoms with E-state index >= 15 is 0 Å². The fraction of sp³-hybridized carbons (Fsp3) is 0.263.